The van der Waals surface area contributed by atoms with Crippen molar-refractivity contribution >= 4 is 8.07 Å². The summed E-state index contributed by atoms with van der Waals surface area (Å²) in [4.78, 5) is 0. The van der Waals surface area contributed by atoms with E-state index >= 15 is 0 Å². The van der Waals surface area contributed by atoms with Gasteiger partial charge in [-0.05, 0) is 24.6 Å². The van der Waals surface area contributed by atoms with E-state index in [0.717, 1.165) is 18.0 Å². The molecule has 0 aliphatic heterocycles. The summed E-state index contributed by atoms with van der Waals surface area (Å²) in [5, 5.41) is 8.50. The molecule has 0 unspecified atom stereocenters. The van der Waals surface area contributed by atoms with Crippen LogP contribution in [-0.2, 0) is 0 Å². The normalized spacial score (nSPS) is 10.1. The topological polar surface area (TPSA) is 23.8 Å². The van der Waals surface area contributed by atoms with Crippen molar-refractivity contribution in [3.8, 4) is 17.5 Å². The molecule has 1 aromatic carbocycles. The summed E-state index contributed by atoms with van der Waals surface area (Å²) in [5.74, 6) is 3.24. The molecular formula is C14H17NSi. The molecular weight excluding hydrogens is 210 g/mol. The van der Waals surface area contributed by atoms with Crippen molar-refractivity contribution in [2.24, 2.45) is 0 Å². The van der Waals surface area contributed by atoms with Crippen molar-refractivity contribution in [2.45, 2.75) is 32.0 Å². The third-order valence-corrected chi connectivity index (χ3v) is 4.81. The maximum absolute atomic E-state index is 8.50. The molecule has 0 fully saturated rings. The van der Waals surface area contributed by atoms with Crippen molar-refractivity contribution in [3.05, 3.63) is 35.9 Å². The predicted octanol–water partition coefficient (Wildman–Crippen LogP) is 3.59. The molecule has 1 rings (SSSR count). The first-order valence-corrected chi connectivity index (χ1v) is 8.80. The summed E-state index contributed by atoms with van der Waals surface area (Å²) in [5.41, 5.74) is 4.50. The van der Waals surface area contributed by atoms with Gasteiger partial charge >= 0.3 is 0 Å². The number of nitrogens with zero attached hydrogens (tertiary/aromatic N) is 1. The molecule has 2 heteroatoms. The molecule has 0 aromatic heterocycles. The summed E-state index contributed by atoms with van der Waals surface area (Å²) in [7, 11) is -1.44. The Kier molecular flexibility index (Phi) is 4.83. The molecule has 0 aliphatic rings. The van der Waals surface area contributed by atoms with Crippen molar-refractivity contribution < 1.29 is 0 Å². The minimum atomic E-state index is -1.44. The van der Waals surface area contributed by atoms with Gasteiger partial charge in [0.25, 0.3) is 0 Å². The zero-order valence-electron chi connectivity index (χ0n) is 9.96. The second-order valence-corrected chi connectivity index (χ2v) is 9.03. The van der Waals surface area contributed by atoms with Crippen LogP contribution >= 0.6 is 0 Å². The van der Waals surface area contributed by atoms with Gasteiger partial charge in [-0.3, -0.25) is 0 Å². The van der Waals surface area contributed by atoms with Crippen molar-refractivity contribution in [3.63, 3.8) is 0 Å². The predicted molar refractivity (Wildman–Crippen MR) is 70.5 cm³/mol. The summed E-state index contributed by atoms with van der Waals surface area (Å²) >= 11 is 0. The smallest absolute Gasteiger partial charge is 0.132 e. The highest BCUT2D eigenvalue weighted by Gasteiger charge is 2.16. The van der Waals surface area contributed by atoms with E-state index in [0.29, 0.717) is 6.42 Å². The van der Waals surface area contributed by atoms with E-state index in [1.165, 1.54) is 0 Å². The first-order chi connectivity index (χ1) is 7.64. The number of rotatable bonds is 3. The lowest BCUT2D eigenvalue weighted by molar-refractivity contribution is 0.948. The average Bonchev–Trinajstić information content (AvgIpc) is 2.28. The molecule has 0 aliphatic carbocycles. The van der Waals surface area contributed by atoms with Crippen LogP contribution in [0.15, 0.2) is 30.3 Å². The molecule has 0 amide bonds. The van der Waals surface area contributed by atoms with E-state index in [2.05, 4.69) is 30.6 Å². The minimum Gasteiger partial charge on any atom is -0.198 e. The van der Waals surface area contributed by atoms with Gasteiger partial charge in [0.05, 0.1) is 6.07 Å². The number of hydrogen-bond acceptors (Lipinski definition) is 1. The molecule has 0 radical (unpaired) electrons. The van der Waals surface area contributed by atoms with Crippen LogP contribution in [0, 0.1) is 22.8 Å². The Hall–Kier alpha value is -1.51. The van der Waals surface area contributed by atoms with Gasteiger partial charge in [-0.15, -0.1) is 5.54 Å². The fourth-order valence-corrected chi connectivity index (χ4v) is 3.10. The molecule has 0 atom stereocenters. The molecule has 0 heterocycles. The molecule has 0 N–H and O–H groups in total. The first-order valence-electron chi connectivity index (χ1n) is 5.59. The van der Waals surface area contributed by atoms with E-state index in [1.54, 1.807) is 0 Å². The Bertz CT molecular complexity index is 418. The van der Waals surface area contributed by atoms with Crippen LogP contribution in [0.4, 0.5) is 0 Å². The monoisotopic (exact) mass is 227 g/mol. The van der Waals surface area contributed by atoms with Gasteiger partial charge < -0.3 is 0 Å². The first kappa shape index (κ1) is 12.6. The zero-order valence-corrected chi connectivity index (χ0v) is 11.0. The van der Waals surface area contributed by atoms with Crippen LogP contribution in [0.3, 0.4) is 0 Å². The Morgan fingerprint density at radius 2 is 1.88 bits per heavy atom. The molecule has 82 valence electrons. The summed E-state index contributed by atoms with van der Waals surface area (Å²) in [6, 6.07) is 13.4. The maximum atomic E-state index is 8.50. The molecule has 0 saturated heterocycles. The highest BCUT2D eigenvalue weighted by Crippen LogP contribution is 2.12. The van der Waals surface area contributed by atoms with E-state index in [1.807, 2.05) is 30.3 Å². The number of unbranched alkanes of at least 4 members (excludes halogenated alkanes) is 1. The third kappa shape index (κ3) is 4.82. The average molecular weight is 227 g/mol. The second kappa shape index (κ2) is 6.15. The zero-order chi connectivity index (χ0) is 11.9. The molecule has 1 aromatic rings. The Labute approximate surface area is 99.1 Å². The van der Waals surface area contributed by atoms with Gasteiger partial charge in [0.2, 0.25) is 0 Å². The van der Waals surface area contributed by atoms with Crippen LogP contribution in [0.2, 0.25) is 19.1 Å². The minimum absolute atomic E-state index is 0.656. The highest BCUT2D eigenvalue weighted by molar-refractivity contribution is 6.85. The van der Waals surface area contributed by atoms with Crippen molar-refractivity contribution in [1.29, 1.82) is 5.26 Å². The van der Waals surface area contributed by atoms with E-state index in [9.17, 15) is 0 Å². The van der Waals surface area contributed by atoms with Crippen LogP contribution in [0.5, 0.6) is 0 Å². The highest BCUT2D eigenvalue weighted by atomic mass is 28.3. The molecule has 16 heavy (non-hydrogen) atoms. The quantitative estimate of drug-likeness (QED) is 0.440. The Morgan fingerprint density at radius 1 is 1.19 bits per heavy atom. The van der Waals surface area contributed by atoms with Crippen LogP contribution < -0.4 is 0 Å². The number of benzene rings is 1. The lowest BCUT2D eigenvalue weighted by Gasteiger charge is -2.12. The largest absolute Gasteiger partial charge is 0.198 e. The van der Waals surface area contributed by atoms with Gasteiger partial charge in [-0.1, -0.05) is 37.2 Å². The van der Waals surface area contributed by atoms with Gasteiger partial charge in [0.15, 0.2) is 0 Å². The standard InChI is InChI=1S/C14H17NSi/c1-16(2,12-7-6-11-15)13-10-14-8-4-3-5-9-14/h3-5,8-9H,6-7,12H2,1-2H3. The van der Waals surface area contributed by atoms with Gasteiger partial charge in [-0.25, -0.2) is 0 Å². The maximum Gasteiger partial charge on any atom is 0.132 e. The van der Waals surface area contributed by atoms with Gasteiger partial charge in [-0.2, -0.15) is 5.26 Å². The fraction of sp³-hybridized carbons (Fsp3) is 0.357. The van der Waals surface area contributed by atoms with E-state index in [4.69, 9.17) is 5.26 Å². The van der Waals surface area contributed by atoms with Crippen LogP contribution in [-0.4, -0.2) is 8.07 Å². The summed E-state index contributed by atoms with van der Waals surface area (Å²) in [6.45, 7) is 4.53. The van der Waals surface area contributed by atoms with Crippen LogP contribution in [0.1, 0.15) is 18.4 Å². The lowest BCUT2D eigenvalue weighted by atomic mass is 10.2. The molecule has 0 saturated carbocycles. The number of nitriles is 1. The summed E-state index contributed by atoms with van der Waals surface area (Å²) in [6.07, 6.45) is 1.64. The molecule has 1 nitrogen and oxygen atoms in total. The SMILES string of the molecule is C[Si](C)(C#Cc1ccccc1)CCCC#N. The van der Waals surface area contributed by atoms with Gasteiger partial charge in [0, 0.05) is 12.0 Å². The fourth-order valence-electron chi connectivity index (χ4n) is 1.43. The van der Waals surface area contributed by atoms with E-state index in [-0.39, 0.29) is 0 Å². The molecule has 0 spiro atoms. The number of hydrogen-bond donors (Lipinski definition) is 0. The summed E-state index contributed by atoms with van der Waals surface area (Å²) < 4.78 is 0. The van der Waals surface area contributed by atoms with E-state index < -0.39 is 8.07 Å². The lowest BCUT2D eigenvalue weighted by Crippen LogP contribution is -2.22. The Balaban J connectivity index is 2.59. The van der Waals surface area contributed by atoms with Gasteiger partial charge in [0.1, 0.15) is 8.07 Å². The van der Waals surface area contributed by atoms with Crippen LogP contribution in [0.25, 0.3) is 0 Å². The second-order valence-electron chi connectivity index (χ2n) is 4.51. The Morgan fingerprint density at radius 3 is 2.50 bits per heavy atom. The third-order valence-electron chi connectivity index (χ3n) is 2.41. The molecule has 0 bridgehead atoms. The van der Waals surface area contributed by atoms with Crippen molar-refractivity contribution in [1.82, 2.24) is 0 Å². The van der Waals surface area contributed by atoms with Crippen molar-refractivity contribution in [2.75, 3.05) is 0 Å².